The van der Waals surface area contributed by atoms with Crippen molar-refractivity contribution in [2.75, 3.05) is 58.7 Å². The first-order chi connectivity index (χ1) is 18.2. The first-order valence-corrected chi connectivity index (χ1v) is 11.6. The number of aromatic nitrogens is 4. The zero-order chi connectivity index (χ0) is 27.4. The molecule has 1 aromatic carbocycles. The molecule has 0 fully saturated rings. The molecule has 4 rings (SSSR count). The number of likely N-dealkylation sites (N-methyl/N-ethyl adjacent to an activating group) is 2. The number of fused-ring (bicyclic) bond motifs is 1. The summed E-state index contributed by atoms with van der Waals surface area (Å²) in [5.41, 5.74) is 2.30. The summed E-state index contributed by atoms with van der Waals surface area (Å²) in [6, 6.07) is 6.61. The number of nitrogens with one attached hydrogen (secondary N) is 2. The van der Waals surface area contributed by atoms with Gasteiger partial charge in [0.25, 0.3) is 5.69 Å². The van der Waals surface area contributed by atoms with Crippen molar-refractivity contribution in [2.24, 2.45) is 0 Å². The Bertz CT molecular complexity index is 1490. The first kappa shape index (κ1) is 26.3. The van der Waals surface area contributed by atoms with Gasteiger partial charge in [-0.3, -0.25) is 10.1 Å². The molecule has 0 unspecified atom stereocenters. The second-order valence-electron chi connectivity index (χ2n) is 8.70. The third kappa shape index (κ3) is 5.32. The van der Waals surface area contributed by atoms with Crippen LogP contribution >= 0.6 is 0 Å². The van der Waals surface area contributed by atoms with Crippen molar-refractivity contribution in [2.45, 2.75) is 0 Å². The first-order valence-electron chi connectivity index (χ1n) is 11.6. The molecule has 0 saturated carbocycles. The van der Waals surface area contributed by atoms with Crippen molar-refractivity contribution in [3.63, 3.8) is 0 Å². The van der Waals surface area contributed by atoms with Crippen LogP contribution in [-0.2, 0) is 4.74 Å². The standard InChI is InChI=1S/C25H28N8O5/c1-31(2)9-10-32(3)19-12-21(37-4)18(11-20(19)33(35)36)29-25-28-14-17(24(34)38-5)22(30-25)16-13-27-23-15(16)7-6-8-26-23/h6-8,11-14H,9-10H2,1-5H3,(H,26,27)(H,28,29,30). The minimum atomic E-state index is -0.608. The molecule has 0 bridgehead atoms. The zero-order valence-corrected chi connectivity index (χ0v) is 21.7. The molecular weight excluding hydrogens is 492 g/mol. The molecule has 3 heterocycles. The van der Waals surface area contributed by atoms with Gasteiger partial charge in [-0.05, 0) is 26.2 Å². The number of H-pyrrole nitrogens is 1. The van der Waals surface area contributed by atoms with Crippen LogP contribution < -0.4 is 15.0 Å². The number of ether oxygens (including phenoxy) is 2. The molecule has 4 aromatic rings. The van der Waals surface area contributed by atoms with Crippen molar-refractivity contribution < 1.29 is 19.2 Å². The van der Waals surface area contributed by atoms with Crippen molar-refractivity contribution in [1.29, 1.82) is 0 Å². The molecule has 38 heavy (non-hydrogen) atoms. The lowest BCUT2D eigenvalue weighted by Gasteiger charge is -2.22. The molecule has 0 aliphatic carbocycles. The number of nitro benzene ring substituents is 1. The molecule has 2 N–H and O–H groups in total. The van der Waals surface area contributed by atoms with Crippen LogP contribution in [0.15, 0.2) is 42.9 Å². The van der Waals surface area contributed by atoms with E-state index in [4.69, 9.17) is 9.47 Å². The van der Waals surface area contributed by atoms with E-state index in [1.807, 2.05) is 25.1 Å². The lowest BCUT2D eigenvalue weighted by Crippen LogP contribution is -2.29. The maximum Gasteiger partial charge on any atom is 0.341 e. The summed E-state index contributed by atoms with van der Waals surface area (Å²) < 4.78 is 10.5. The summed E-state index contributed by atoms with van der Waals surface area (Å²) in [5, 5.41) is 15.7. The summed E-state index contributed by atoms with van der Waals surface area (Å²) in [5.74, 6) is -0.142. The van der Waals surface area contributed by atoms with E-state index in [1.54, 1.807) is 36.5 Å². The number of nitro groups is 1. The Kier molecular flexibility index (Phi) is 7.67. The number of benzene rings is 1. The topological polar surface area (TPSA) is 152 Å². The van der Waals surface area contributed by atoms with E-state index in [-0.39, 0.29) is 17.2 Å². The van der Waals surface area contributed by atoms with Gasteiger partial charge in [-0.25, -0.2) is 19.7 Å². The van der Waals surface area contributed by atoms with Gasteiger partial charge in [0.15, 0.2) is 0 Å². The molecule has 3 aromatic heterocycles. The van der Waals surface area contributed by atoms with E-state index in [1.165, 1.54) is 26.5 Å². The van der Waals surface area contributed by atoms with E-state index >= 15 is 0 Å². The van der Waals surface area contributed by atoms with Crippen molar-refractivity contribution >= 4 is 40.0 Å². The molecular formula is C25H28N8O5. The largest absolute Gasteiger partial charge is 0.494 e. The van der Waals surface area contributed by atoms with Gasteiger partial charge >= 0.3 is 5.97 Å². The fourth-order valence-corrected chi connectivity index (χ4v) is 3.93. The second-order valence-corrected chi connectivity index (χ2v) is 8.70. The molecule has 0 atom stereocenters. The highest BCUT2D eigenvalue weighted by molar-refractivity contribution is 6.01. The van der Waals surface area contributed by atoms with E-state index in [0.717, 1.165) is 5.39 Å². The summed E-state index contributed by atoms with van der Waals surface area (Å²) in [4.78, 5) is 44.0. The number of esters is 1. The summed E-state index contributed by atoms with van der Waals surface area (Å²) in [7, 11) is 8.40. The molecule has 0 saturated heterocycles. The molecule has 198 valence electrons. The van der Waals surface area contributed by atoms with Crippen LogP contribution in [0.5, 0.6) is 5.75 Å². The highest BCUT2D eigenvalue weighted by Crippen LogP contribution is 2.39. The monoisotopic (exact) mass is 520 g/mol. The predicted octanol–water partition coefficient (Wildman–Crippen LogP) is 3.46. The number of nitrogens with zero attached hydrogens (tertiary/aromatic N) is 6. The minimum Gasteiger partial charge on any atom is -0.494 e. The van der Waals surface area contributed by atoms with Crippen LogP contribution in [0.2, 0.25) is 0 Å². The zero-order valence-electron chi connectivity index (χ0n) is 21.7. The number of carbonyl (C=O) groups excluding carboxylic acids is 1. The Hall–Kier alpha value is -4.78. The molecule has 0 amide bonds. The fraction of sp³-hybridized carbons (Fsp3) is 0.280. The average molecular weight is 521 g/mol. The van der Waals surface area contributed by atoms with Gasteiger partial charge in [-0.15, -0.1) is 0 Å². The fourth-order valence-electron chi connectivity index (χ4n) is 3.93. The number of hydrogen-bond donors (Lipinski definition) is 2. The number of anilines is 3. The van der Waals surface area contributed by atoms with Crippen LogP contribution in [0.1, 0.15) is 10.4 Å². The highest BCUT2D eigenvalue weighted by atomic mass is 16.6. The van der Waals surface area contributed by atoms with E-state index < -0.39 is 10.9 Å². The Morgan fingerprint density at radius 2 is 1.97 bits per heavy atom. The number of aromatic amines is 1. The molecule has 13 nitrogen and oxygen atoms in total. The molecule has 0 aliphatic heterocycles. The van der Waals surface area contributed by atoms with Crippen molar-refractivity contribution in [3.8, 4) is 17.0 Å². The smallest absolute Gasteiger partial charge is 0.341 e. The molecule has 0 aliphatic rings. The SMILES string of the molecule is COC(=O)c1cnc(Nc2cc([N+](=O)[O-])c(N(C)CCN(C)C)cc2OC)nc1-c1c[nH]c2ncccc12. The van der Waals surface area contributed by atoms with Crippen LogP contribution in [0, 0.1) is 10.1 Å². The van der Waals surface area contributed by atoms with Gasteiger partial charge in [0.1, 0.15) is 22.6 Å². The van der Waals surface area contributed by atoms with Crippen molar-refractivity contribution in [1.82, 2.24) is 24.8 Å². The highest BCUT2D eigenvalue weighted by Gasteiger charge is 2.24. The van der Waals surface area contributed by atoms with Gasteiger partial charge in [0, 0.05) is 61.8 Å². The quantitative estimate of drug-likeness (QED) is 0.180. The maximum absolute atomic E-state index is 12.5. The third-order valence-electron chi connectivity index (χ3n) is 5.93. The normalized spacial score (nSPS) is 11.0. The number of hydrogen-bond acceptors (Lipinski definition) is 11. The molecule has 0 radical (unpaired) electrons. The van der Waals surface area contributed by atoms with Gasteiger partial charge in [-0.2, -0.15) is 0 Å². The van der Waals surface area contributed by atoms with Crippen molar-refractivity contribution in [3.05, 3.63) is 58.5 Å². The summed E-state index contributed by atoms with van der Waals surface area (Å²) in [6.07, 6.45) is 4.69. The van der Waals surface area contributed by atoms with E-state index in [0.29, 0.717) is 47.1 Å². The predicted molar refractivity (Wildman–Crippen MR) is 143 cm³/mol. The van der Waals surface area contributed by atoms with E-state index in [9.17, 15) is 14.9 Å². The second kappa shape index (κ2) is 11.1. The Balaban J connectivity index is 1.77. The van der Waals surface area contributed by atoms with E-state index in [2.05, 4.69) is 25.3 Å². The summed E-state index contributed by atoms with van der Waals surface area (Å²) >= 11 is 0. The van der Waals surface area contributed by atoms with Crippen LogP contribution in [0.25, 0.3) is 22.3 Å². The number of pyridine rings is 1. The van der Waals surface area contributed by atoms with Gasteiger partial charge < -0.3 is 29.6 Å². The Morgan fingerprint density at radius 3 is 2.66 bits per heavy atom. The van der Waals surface area contributed by atoms with Crippen LogP contribution in [0.3, 0.4) is 0 Å². The third-order valence-corrected chi connectivity index (χ3v) is 5.93. The number of carbonyl (C=O) groups is 1. The minimum absolute atomic E-state index is 0.104. The molecule has 13 heteroatoms. The average Bonchev–Trinajstić information content (AvgIpc) is 3.35. The number of rotatable bonds is 10. The van der Waals surface area contributed by atoms with Gasteiger partial charge in [0.2, 0.25) is 5.95 Å². The molecule has 0 spiro atoms. The Labute approximate surface area is 218 Å². The van der Waals surface area contributed by atoms with Crippen LogP contribution in [-0.4, -0.2) is 84.2 Å². The lowest BCUT2D eigenvalue weighted by molar-refractivity contribution is -0.384. The van der Waals surface area contributed by atoms with Crippen LogP contribution in [0.4, 0.5) is 23.0 Å². The Morgan fingerprint density at radius 1 is 1.18 bits per heavy atom. The maximum atomic E-state index is 12.5. The summed E-state index contributed by atoms with van der Waals surface area (Å²) in [6.45, 7) is 1.28. The lowest BCUT2D eigenvalue weighted by atomic mass is 10.1. The van der Waals surface area contributed by atoms with Gasteiger partial charge in [-0.1, -0.05) is 0 Å². The van der Waals surface area contributed by atoms with Gasteiger partial charge in [0.05, 0.1) is 30.5 Å². The number of methoxy groups -OCH3 is 2.